The number of carbonyl (C=O) groups excluding carboxylic acids is 1. The van der Waals surface area contributed by atoms with Gasteiger partial charge in [-0.25, -0.2) is 0 Å². The van der Waals surface area contributed by atoms with Crippen LogP contribution in [0, 0.1) is 5.92 Å². The van der Waals surface area contributed by atoms with E-state index >= 15 is 0 Å². The van der Waals surface area contributed by atoms with Gasteiger partial charge in [0.2, 0.25) is 5.91 Å². The number of hydrogen-bond acceptors (Lipinski definition) is 1. The third-order valence-electron chi connectivity index (χ3n) is 3.95. The second kappa shape index (κ2) is 4.67. The van der Waals surface area contributed by atoms with Gasteiger partial charge in [-0.15, -0.1) is 0 Å². The second-order valence-corrected chi connectivity index (χ2v) is 5.79. The van der Waals surface area contributed by atoms with E-state index in [-0.39, 0.29) is 17.4 Å². The zero-order chi connectivity index (χ0) is 12.5. The van der Waals surface area contributed by atoms with E-state index in [9.17, 15) is 4.79 Å². The summed E-state index contributed by atoms with van der Waals surface area (Å²) in [6.07, 6.45) is 10.3. The zero-order valence-corrected chi connectivity index (χ0v) is 11.2. The summed E-state index contributed by atoms with van der Waals surface area (Å²) in [5.41, 5.74) is 2.81. The molecule has 2 heteroatoms. The van der Waals surface area contributed by atoms with E-state index in [1.807, 2.05) is 13.8 Å². The van der Waals surface area contributed by atoms with Crippen molar-refractivity contribution in [2.75, 3.05) is 0 Å². The Balaban J connectivity index is 2.23. The van der Waals surface area contributed by atoms with Crippen molar-refractivity contribution < 1.29 is 4.79 Å². The minimum absolute atomic E-state index is 0.0605. The molecule has 0 aromatic heterocycles. The van der Waals surface area contributed by atoms with Gasteiger partial charge in [-0.1, -0.05) is 31.6 Å². The van der Waals surface area contributed by atoms with Gasteiger partial charge in [0, 0.05) is 5.92 Å². The van der Waals surface area contributed by atoms with Crippen LogP contribution in [-0.4, -0.2) is 11.4 Å². The SMILES string of the molecule is CC(C)C(=O)NC1(C)CCCC2=C1C=CCC2. The van der Waals surface area contributed by atoms with Crippen molar-refractivity contribution in [3.05, 3.63) is 23.3 Å². The first-order valence-electron chi connectivity index (χ1n) is 6.74. The summed E-state index contributed by atoms with van der Waals surface area (Å²) in [5.74, 6) is 0.227. The van der Waals surface area contributed by atoms with Crippen molar-refractivity contribution >= 4 is 5.91 Å². The van der Waals surface area contributed by atoms with Gasteiger partial charge in [0.15, 0.2) is 0 Å². The van der Waals surface area contributed by atoms with Crippen molar-refractivity contribution in [2.24, 2.45) is 5.92 Å². The summed E-state index contributed by atoms with van der Waals surface area (Å²) >= 11 is 0. The number of rotatable bonds is 2. The lowest BCUT2D eigenvalue weighted by Gasteiger charge is -2.39. The van der Waals surface area contributed by atoms with Crippen LogP contribution in [0.3, 0.4) is 0 Å². The number of carbonyl (C=O) groups is 1. The third kappa shape index (κ3) is 2.46. The molecular formula is C15H23NO. The highest BCUT2D eigenvalue weighted by Gasteiger charge is 2.35. The largest absolute Gasteiger partial charge is 0.347 e. The quantitative estimate of drug-likeness (QED) is 0.778. The predicted molar refractivity (Wildman–Crippen MR) is 70.6 cm³/mol. The molecule has 0 spiro atoms. The molecule has 0 saturated carbocycles. The van der Waals surface area contributed by atoms with Gasteiger partial charge in [0.25, 0.3) is 0 Å². The molecule has 2 aliphatic rings. The lowest BCUT2D eigenvalue weighted by molar-refractivity contribution is -0.125. The Bertz CT molecular complexity index is 378. The number of nitrogens with one attached hydrogen (secondary N) is 1. The molecule has 0 radical (unpaired) electrons. The Kier molecular flexibility index (Phi) is 3.41. The smallest absolute Gasteiger partial charge is 0.223 e. The van der Waals surface area contributed by atoms with E-state index < -0.39 is 0 Å². The summed E-state index contributed by atoms with van der Waals surface area (Å²) in [5, 5.41) is 3.25. The Morgan fingerprint density at radius 3 is 2.88 bits per heavy atom. The van der Waals surface area contributed by atoms with Crippen LogP contribution in [0.15, 0.2) is 23.3 Å². The molecule has 2 nitrogen and oxygen atoms in total. The molecule has 1 N–H and O–H groups in total. The lowest BCUT2D eigenvalue weighted by Crippen LogP contribution is -2.50. The molecule has 0 aromatic carbocycles. The highest BCUT2D eigenvalue weighted by molar-refractivity contribution is 5.79. The lowest BCUT2D eigenvalue weighted by atomic mass is 9.74. The van der Waals surface area contributed by atoms with Gasteiger partial charge >= 0.3 is 0 Å². The number of hydrogen-bond donors (Lipinski definition) is 1. The van der Waals surface area contributed by atoms with Crippen LogP contribution in [0.1, 0.15) is 52.9 Å². The van der Waals surface area contributed by atoms with Gasteiger partial charge in [-0.3, -0.25) is 4.79 Å². The van der Waals surface area contributed by atoms with Crippen LogP contribution in [0.5, 0.6) is 0 Å². The van der Waals surface area contributed by atoms with Crippen LogP contribution in [0.25, 0.3) is 0 Å². The molecule has 0 fully saturated rings. The van der Waals surface area contributed by atoms with E-state index in [1.54, 1.807) is 5.57 Å². The van der Waals surface area contributed by atoms with Crippen LogP contribution >= 0.6 is 0 Å². The first kappa shape index (κ1) is 12.4. The molecule has 0 aromatic rings. The van der Waals surface area contributed by atoms with Crippen LogP contribution in [0.2, 0.25) is 0 Å². The molecule has 94 valence electrons. The fourth-order valence-electron chi connectivity index (χ4n) is 2.88. The van der Waals surface area contributed by atoms with E-state index in [0.717, 1.165) is 12.8 Å². The van der Waals surface area contributed by atoms with Crippen molar-refractivity contribution in [3.8, 4) is 0 Å². The summed E-state index contributed by atoms with van der Waals surface area (Å²) in [4.78, 5) is 11.9. The molecule has 0 saturated heterocycles. The monoisotopic (exact) mass is 233 g/mol. The predicted octanol–water partition coefficient (Wildman–Crippen LogP) is 3.35. The molecule has 2 rings (SSSR count). The average Bonchev–Trinajstić information content (AvgIpc) is 2.29. The molecular weight excluding hydrogens is 210 g/mol. The Morgan fingerprint density at radius 1 is 1.41 bits per heavy atom. The standard InChI is InChI=1S/C15H23NO/c1-11(2)14(17)16-15(3)10-6-8-12-7-4-5-9-13(12)15/h5,9,11H,4,6-8,10H2,1-3H3,(H,16,17). The van der Waals surface area contributed by atoms with E-state index in [4.69, 9.17) is 0 Å². The zero-order valence-electron chi connectivity index (χ0n) is 11.2. The molecule has 0 heterocycles. The average molecular weight is 233 g/mol. The fraction of sp³-hybridized carbons (Fsp3) is 0.667. The van der Waals surface area contributed by atoms with Crippen molar-refractivity contribution in [2.45, 2.75) is 58.4 Å². The molecule has 1 unspecified atom stereocenters. The van der Waals surface area contributed by atoms with Crippen LogP contribution in [-0.2, 0) is 4.79 Å². The number of allylic oxidation sites excluding steroid dienone is 2. The first-order chi connectivity index (χ1) is 8.03. The maximum Gasteiger partial charge on any atom is 0.223 e. The van der Waals surface area contributed by atoms with Gasteiger partial charge in [-0.2, -0.15) is 0 Å². The van der Waals surface area contributed by atoms with Crippen LogP contribution in [0.4, 0.5) is 0 Å². The Morgan fingerprint density at radius 2 is 2.18 bits per heavy atom. The van der Waals surface area contributed by atoms with Gasteiger partial charge in [0.05, 0.1) is 5.54 Å². The van der Waals surface area contributed by atoms with Gasteiger partial charge < -0.3 is 5.32 Å². The Hall–Kier alpha value is -1.05. The first-order valence-corrected chi connectivity index (χ1v) is 6.74. The van der Waals surface area contributed by atoms with Crippen LogP contribution < -0.4 is 5.32 Å². The fourth-order valence-corrected chi connectivity index (χ4v) is 2.88. The van der Waals surface area contributed by atoms with Gasteiger partial charge in [0.1, 0.15) is 0 Å². The summed E-state index contributed by atoms with van der Waals surface area (Å²) in [7, 11) is 0. The maximum atomic E-state index is 11.9. The topological polar surface area (TPSA) is 29.1 Å². The maximum absolute atomic E-state index is 11.9. The molecule has 1 amide bonds. The van der Waals surface area contributed by atoms with E-state index in [2.05, 4.69) is 24.4 Å². The van der Waals surface area contributed by atoms with E-state index in [0.29, 0.717) is 0 Å². The molecule has 0 bridgehead atoms. The summed E-state index contributed by atoms with van der Waals surface area (Å²) < 4.78 is 0. The highest BCUT2D eigenvalue weighted by atomic mass is 16.2. The minimum atomic E-state index is -0.133. The molecule has 1 atom stereocenters. The van der Waals surface area contributed by atoms with Crippen molar-refractivity contribution in [3.63, 3.8) is 0 Å². The summed E-state index contributed by atoms with van der Waals surface area (Å²) in [6, 6.07) is 0. The molecule has 17 heavy (non-hydrogen) atoms. The molecule has 2 aliphatic carbocycles. The second-order valence-electron chi connectivity index (χ2n) is 5.79. The molecule has 0 aliphatic heterocycles. The Labute approximate surface area is 104 Å². The van der Waals surface area contributed by atoms with Gasteiger partial charge in [-0.05, 0) is 44.6 Å². The van der Waals surface area contributed by atoms with Crippen molar-refractivity contribution in [1.29, 1.82) is 0 Å². The third-order valence-corrected chi connectivity index (χ3v) is 3.95. The minimum Gasteiger partial charge on any atom is -0.347 e. The normalized spacial score (nSPS) is 28.2. The van der Waals surface area contributed by atoms with E-state index in [1.165, 1.54) is 24.8 Å². The summed E-state index contributed by atoms with van der Waals surface area (Å²) in [6.45, 7) is 6.08. The number of amides is 1. The highest BCUT2D eigenvalue weighted by Crippen LogP contribution is 2.38. The van der Waals surface area contributed by atoms with Crippen molar-refractivity contribution in [1.82, 2.24) is 5.32 Å².